The first-order chi connectivity index (χ1) is 15.7. The molecule has 3 nitrogen and oxygen atoms in total. The fraction of sp³-hybridized carbons (Fsp3) is 0.897. The van der Waals surface area contributed by atoms with Crippen LogP contribution >= 0.6 is 0 Å². The minimum atomic E-state index is -0.735. The van der Waals surface area contributed by atoms with Gasteiger partial charge < -0.3 is 10.0 Å². The van der Waals surface area contributed by atoms with E-state index in [1.807, 2.05) is 0 Å². The van der Waals surface area contributed by atoms with Crippen molar-refractivity contribution >= 4 is 6.09 Å². The summed E-state index contributed by atoms with van der Waals surface area (Å²) in [6.45, 7) is 5.95. The molecule has 0 rings (SSSR count). The predicted octanol–water partition coefficient (Wildman–Crippen LogP) is 10.1. The Kier molecular flexibility index (Phi) is 25.5. The summed E-state index contributed by atoms with van der Waals surface area (Å²) < 4.78 is 0. The van der Waals surface area contributed by atoms with Crippen molar-refractivity contribution in [1.82, 2.24) is 4.90 Å². The zero-order valence-electron chi connectivity index (χ0n) is 21.9. The maximum atomic E-state index is 11.4. The molecule has 190 valence electrons. The maximum absolute atomic E-state index is 11.4. The molecular formula is C29H57NO2. The van der Waals surface area contributed by atoms with Gasteiger partial charge >= 0.3 is 6.09 Å². The van der Waals surface area contributed by atoms with E-state index in [9.17, 15) is 9.90 Å². The molecule has 0 heterocycles. The third-order valence-corrected chi connectivity index (χ3v) is 6.49. The Morgan fingerprint density at radius 2 is 0.844 bits per heavy atom. The number of carbonyl (C=O) groups is 1. The Bertz CT molecular complexity index is 408. The topological polar surface area (TPSA) is 40.5 Å². The summed E-state index contributed by atoms with van der Waals surface area (Å²) in [5.74, 6) is 0. The highest BCUT2D eigenvalue weighted by atomic mass is 16.4. The molecule has 32 heavy (non-hydrogen) atoms. The summed E-state index contributed by atoms with van der Waals surface area (Å²) in [6, 6.07) is 0. The molecule has 0 spiro atoms. The molecular weight excluding hydrogens is 394 g/mol. The molecule has 0 bridgehead atoms. The minimum absolute atomic E-state index is 0.715. The molecule has 0 radical (unpaired) electrons. The van der Waals surface area contributed by atoms with Crippen LogP contribution in [0.2, 0.25) is 0 Å². The van der Waals surface area contributed by atoms with Gasteiger partial charge in [0, 0.05) is 13.1 Å². The Morgan fingerprint density at radius 1 is 0.531 bits per heavy atom. The Balaban J connectivity index is 3.44. The lowest BCUT2D eigenvalue weighted by Crippen LogP contribution is -2.31. The molecule has 0 aliphatic carbocycles. The van der Waals surface area contributed by atoms with Crippen molar-refractivity contribution < 1.29 is 9.90 Å². The first kappa shape index (κ1) is 31.0. The second kappa shape index (κ2) is 26.3. The average Bonchev–Trinajstić information content (AvgIpc) is 2.78. The SMILES string of the molecule is CCCCCCCCC=CCCCCCCCCN(CCCCCCCCCC)C(=O)O. The lowest BCUT2D eigenvalue weighted by molar-refractivity contribution is 0.143. The molecule has 0 aromatic rings. The third-order valence-electron chi connectivity index (χ3n) is 6.49. The fourth-order valence-corrected chi connectivity index (χ4v) is 4.29. The van der Waals surface area contributed by atoms with Crippen molar-refractivity contribution in [2.75, 3.05) is 13.1 Å². The van der Waals surface area contributed by atoms with Gasteiger partial charge in [0.25, 0.3) is 0 Å². The van der Waals surface area contributed by atoms with E-state index < -0.39 is 6.09 Å². The van der Waals surface area contributed by atoms with Crippen LogP contribution in [0.4, 0.5) is 4.79 Å². The van der Waals surface area contributed by atoms with Crippen LogP contribution in [0.1, 0.15) is 155 Å². The van der Waals surface area contributed by atoms with Crippen LogP contribution in [0.3, 0.4) is 0 Å². The molecule has 1 N–H and O–H groups in total. The van der Waals surface area contributed by atoms with Crippen LogP contribution in [0, 0.1) is 0 Å². The molecule has 0 aromatic carbocycles. The largest absolute Gasteiger partial charge is 0.465 e. The maximum Gasteiger partial charge on any atom is 0.407 e. The summed E-state index contributed by atoms with van der Waals surface area (Å²) in [5.41, 5.74) is 0. The van der Waals surface area contributed by atoms with E-state index in [0.29, 0.717) is 6.54 Å². The number of rotatable bonds is 25. The number of hydrogen-bond donors (Lipinski definition) is 1. The van der Waals surface area contributed by atoms with Crippen molar-refractivity contribution in [3.63, 3.8) is 0 Å². The number of amides is 1. The van der Waals surface area contributed by atoms with Gasteiger partial charge in [-0.15, -0.1) is 0 Å². The highest BCUT2D eigenvalue weighted by Gasteiger charge is 2.10. The van der Waals surface area contributed by atoms with Crippen LogP contribution in [0.5, 0.6) is 0 Å². The summed E-state index contributed by atoms with van der Waals surface area (Å²) in [6.07, 6.45) is 32.2. The van der Waals surface area contributed by atoms with Gasteiger partial charge in [0.05, 0.1) is 0 Å². The van der Waals surface area contributed by atoms with Crippen molar-refractivity contribution in [3.8, 4) is 0 Å². The fourth-order valence-electron chi connectivity index (χ4n) is 4.29. The van der Waals surface area contributed by atoms with E-state index >= 15 is 0 Å². The molecule has 0 fully saturated rings. The van der Waals surface area contributed by atoms with Gasteiger partial charge in [-0.2, -0.15) is 0 Å². The normalized spacial score (nSPS) is 11.4. The van der Waals surface area contributed by atoms with Crippen molar-refractivity contribution in [2.45, 2.75) is 155 Å². The quantitative estimate of drug-likeness (QED) is 0.111. The first-order valence-corrected chi connectivity index (χ1v) is 14.3. The standard InChI is InChI=1S/C29H57NO2/c1-3-5-7-9-11-13-14-15-16-17-18-19-20-22-24-26-28-30(29(31)32)27-25-23-21-12-10-8-6-4-2/h15-16H,3-14,17-28H2,1-2H3,(H,31,32). The minimum Gasteiger partial charge on any atom is -0.465 e. The lowest BCUT2D eigenvalue weighted by Gasteiger charge is -2.19. The monoisotopic (exact) mass is 451 g/mol. The Labute approximate surface area is 201 Å². The van der Waals surface area contributed by atoms with E-state index in [1.165, 1.54) is 122 Å². The van der Waals surface area contributed by atoms with Gasteiger partial charge in [-0.3, -0.25) is 0 Å². The van der Waals surface area contributed by atoms with Crippen molar-refractivity contribution in [3.05, 3.63) is 12.2 Å². The highest BCUT2D eigenvalue weighted by molar-refractivity contribution is 5.64. The molecule has 0 aliphatic rings. The van der Waals surface area contributed by atoms with Crippen LogP contribution in [-0.2, 0) is 0 Å². The number of unbranched alkanes of at least 4 members (excludes halogenated alkanes) is 19. The average molecular weight is 452 g/mol. The zero-order valence-corrected chi connectivity index (χ0v) is 21.9. The zero-order chi connectivity index (χ0) is 23.5. The summed E-state index contributed by atoms with van der Waals surface area (Å²) in [4.78, 5) is 13.1. The van der Waals surface area contributed by atoms with Crippen LogP contribution < -0.4 is 0 Å². The van der Waals surface area contributed by atoms with E-state index in [4.69, 9.17) is 0 Å². The molecule has 0 saturated heterocycles. The third kappa shape index (κ3) is 23.7. The Morgan fingerprint density at radius 3 is 1.19 bits per heavy atom. The molecule has 0 aliphatic heterocycles. The second-order valence-electron chi connectivity index (χ2n) is 9.68. The molecule has 0 unspecified atom stereocenters. The summed E-state index contributed by atoms with van der Waals surface area (Å²) in [5, 5.41) is 9.42. The molecule has 1 amide bonds. The van der Waals surface area contributed by atoms with E-state index in [2.05, 4.69) is 26.0 Å². The molecule has 0 saturated carbocycles. The second-order valence-corrected chi connectivity index (χ2v) is 9.68. The molecule has 0 aromatic heterocycles. The van der Waals surface area contributed by atoms with E-state index in [-0.39, 0.29) is 0 Å². The van der Waals surface area contributed by atoms with Gasteiger partial charge in [0.2, 0.25) is 0 Å². The van der Waals surface area contributed by atoms with Crippen LogP contribution in [0.25, 0.3) is 0 Å². The van der Waals surface area contributed by atoms with Gasteiger partial charge in [-0.05, 0) is 38.5 Å². The smallest absolute Gasteiger partial charge is 0.407 e. The van der Waals surface area contributed by atoms with Gasteiger partial charge in [-0.25, -0.2) is 4.79 Å². The summed E-state index contributed by atoms with van der Waals surface area (Å²) in [7, 11) is 0. The molecule has 0 atom stereocenters. The Hall–Kier alpha value is -0.990. The van der Waals surface area contributed by atoms with Gasteiger partial charge in [0.15, 0.2) is 0 Å². The van der Waals surface area contributed by atoms with Gasteiger partial charge in [-0.1, -0.05) is 129 Å². The first-order valence-electron chi connectivity index (χ1n) is 14.3. The van der Waals surface area contributed by atoms with Crippen LogP contribution in [-0.4, -0.2) is 29.2 Å². The predicted molar refractivity (Wildman–Crippen MR) is 142 cm³/mol. The summed E-state index contributed by atoms with van der Waals surface area (Å²) >= 11 is 0. The van der Waals surface area contributed by atoms with E-state index in [1.54, 1.807) is 4.90 Å². The number of nitrogens with zero attached hydrogens (tertiary/aromatic N) is 1. The van der Waals surface area contributed by atoms with Crippen molar-refractivity contribution in [2.24, 2.45) is 0 Å². The van der Waals surface area contributed by atoms with Gasteiger partial charge in [0.1, 0.15) is 0 Å². The van der Waals surface area contributed by atoms with E-state index in [0.717, 1.165) is 25.8 Å². The van der Waals surface area contributed by atoms with Crippen LogP contribution in [0.15, 0.2) is 12.2 Å². The highest BCUT2D eigenvalue weighted by Crippen LogP contribution is 2.12. The lowest BCUT2D eigenvalue weighted by atomic mass is 10.1. The number of hydrogen-bond acceptors (Lipinski definition) is 1. The van der Waals surface area contributed by atoms with Crippen molar-refractivity contribution in [1.29, 1.82) is 0 Å². The number of allylic oxidation sites excluding steroid dienone is 2. The molecule has 3 heteroatoms. The number of carboxylic acid groups (broad SMARTS) is 1.